The van der Waals surface area contributed by atoms with Crippen LogP contribution >= 0.6 is 23.1 Å². The molecule has 1 heterocycles. The standard InChI is InChI=1S/C10H16N2O2S2/c1-7(9(5-13)15-2)11-10(14)12-8-3-4-16-6-8/h3-4,6-7,9,13H,5H2,1-2H3,(H2,11,12,14). The fourth-order valence-electron chi connectivity index (χ4n) is 1.24. The summed E-state index contributed by atoms with van der Waals surface area (Å²) in [6.07, 6.45) is 1.91. The molecule has 0 aliphatic heterocycles. The summed E-state index contributed by atoms with van der Waals surface area (Å²) in [6.45, 7) is 1.94. The molecule has 1 rings (SSSR count). The highest BCUT2D eigenvalue weighted by atomic mass is 32.2. The minimum Gasteiger partial charge on any atom is -0.395 e. The number of urea groups is 1. The third-order valence-corrected chi connectivity index (χ3v) is 4.02. The molecule has 0 aromatic carbocycles. The predicted octanol–water partition coefficient (Wildman–Crippen LogP) is 1.98. The summed E-state index contributed by atoms with van der Waals surface area (Å²) in [4.78, 5) is 11.5. The third-order valence-electron chi connectivity index (χ3n) is 2.18. The van der Waals surface area contributed by atoms with Crippen LogP contribution in [0.25, 0.3) is 0 Å². The lowest BCUT2D eigenvalue weighted by Gasteiger charge is -2.21. The van der Waals surface area contributed by atoms with Crippen LogP contribution in [0.5, 0.6) is 0 Å². The molecule has 0 fully saturated rings. The van der Waals surface area contributed by atoms with Crippen molar-refractivity contribution in [1.29, 1.82) is 0 Å². The molecule has 2 amide bonds. The summed E-state index contributed by atoms with van der Waals surface area (Å²) in [6, 6.07) is 1.53. The van der Waals surface area contributed by atoms with Crippen molar-refractivity contribution in [1.82, 2.24) is 5.32 Å². The van der Waals surface area contributed by atoms with Gasteiger partial charge in [-0.2, -0.15) is 23.1 Å². The van der Waals surface area contributed by atoms with Gasteiger partial charge >= 0.3 is 6.03 Å². The number of hydrogen-bond acceptors (Lipinski definition) is 4. The Morgan fingerprint density at radius 1 is 1.69 bits per heavy atom. The van der Waals surface area contributed by atoms with E-state index in [1.54, 1.807) is 0 Å². The average Bonchev–Trinajstić information content (AvgIpc) is 2.71. The summed E-state index contributed by atoms with van der Waals surface area (Å²) < 4.78 is 0. The van der Waals surface area contributed by atoms with Crippen LogP contribution in [-0.2, 0) is 0 Å². The van der Waals surface area contributed by atoms with E-state index in [2.05, 4.69) is 10.6 Å². The van der Waals surface area contributed by atoms with Gasteiger partial charge < -0.3 is 15.7 Å². The normalized spacial score (nSPS) is 14.2. The van der Waals surface area contributed by atoms with Gasteiger partial charge in [0.25, 0.3) is 0 Å². The minimum atomic E-state index is -0.238. The number of hydrogen-bond donors (Lipinski definition) is 3. The molecule has 0 saturated carbocycles. The second kappa shape index (κ2) is 6.78. The van der Waals surface area contributed by atoms with E-state index >= 15 is 0 Å². The number of thioether (sulfide) groups is 1. The maximum Gasteiger partial charge on any atom is 0.319 e. The fourth-order valence-corrected chi connectivity index (χ4v) is 2.45. The Kier molecular flexibility index (Phi) is 5.65. The zero-order valence-electron chi connectivity index (χ0n) is 9.27. The van der Waals surface area contributed by atoms with Crippen LogP contribution in [-0.4, -0.2) is 35.3 Å². The molecule has 2 unspecified atom stereocenters. The summed E-state index contributed by atoms with van der Waals surface area (Å²) in [5.41, 5.74) is 0.791. The number of carbonyl (C=O) groups is 1. The number of carbonyl (C=O) groups excluding carboxylic acids is 1. The van der Waals surface area contributed by atoms with Crippen molar-refractivity contribution in [2.45, 2.75) is 18.2 Å². The first-order valence-electron chi connectivity index (χ1n) is 4.90. The average molecular weight is 260 g/mol. The van der Waals surface area contributed by atoms with E-state index < -0.39 is 0 Å². The van der Waals surface area contributed by atoms with E-state index in [1.165, 1.54) is 23.1 Å². The number of aliphatic hydroxyl groups excluding tert-OH is 1. The van der Waals surface area contributed by atoms with Gasteiger partial charge in [0, 0.05) is 16.7 Å². The fraction of sp³-hybridized carbons (Fsp3) is 0.500. The number of nitrogens with one attached hydrogen (secondary N) is 2. The monoisotopic (exact) mass is 260 g/mol. The lowest BCUT2D eigenvalue weighted by Crippen LogP contribution is -2.43. The molecule has 1 aromatic heterocycles. The first-order chi connectivity index (χ1) is 7.67. The van der Waals surface area contributed by atoms with Gasteiger partial charge in [0.2, 0.25) is 0 Å². The van der Waals surface area contributed by atoms with Crippen LogP contribution in [0.3, 0.4) is 0 Å². The van der Waals surface area contributed by atoms with Crippen molar-refractivity contribution in [3.8, 4) is 0 Å². The topological polar surface area (TPSA) is 61.4 Å². The molecular formula is C10H16N2O2S2. The van der Waals surface area contributed by atoms with Gasteiger partial charge in [0.1, 0.15) is 0 Å². The molecule has 0 bridgehead atoms. The highest BCUT2D eigenvalue weighted by molar-refractivity contribution is 7.99. The molecule has 0 saturated heterocycles. The number of thiophene rings is 1. The Morgan fingerprint density at radius 2 is 2.44 bits per heavy atom. The van der Waals surface area contributed by atoms with Crippen molar-refractivity contribution in [2.75, 3.05) is 18.2 Å². The molecular weight excluding hydrogens is 244 g/mol. The van der Waals surface area contributed by atoms with Crippen molar-refractivity contribution in [3.63, 3.8) is 0 Å². The van der Waals surface area contributed by atoms with Crippen LogP contribution in [0, 0.1) is 0 Å². The quantitative estimate of drug-likeness (QED) is 0.758. The summed E-state index contributed by atoms with van der Waals surface area (Å²) in [5, 5.41) is 18.4. The van der Waals surface area contributed by atoms with Crippen LogP contribution in [0.2, 0.25) is 0 Å². The van der Waals surface area contributed by atoms with Gasteiger partial charge in [0.05, 0.1) is 12.3 Å². The van der Waals surface area contributed by atoms with Crippen molar-refractivity contribution in [2.24, 2.45) is 0 Å². The maximum atomic E-state index is 11.5. The SMILES string of the molecule is CSC(CO)C(C)NC(=O)Nc1ccsc1. The smallest absolute Gasteiger partial charge is 0.319 e. The lowest BCUT2D eigenvalue weighted by atomic mass is 10.2. The summed E-state index contributed by atoms with van der Waals surface area (Å²) in [7, 11) is 0. The molecule has 0 radical (unpaired) electrons. The predicted molar refractivity (Wildman–Crippen MR) is 70.3 cm³/mol. The Labute approximate surface area is 103 Å². The van der Waals surface area contributed by atoms with Crippen molar-refractivity contribution >= 4 is 34.8 Å². The highest BCUT2D eigenvalue weighted by Gasteiger charge is 2.17. The van der Waals surface area contributed by atoms with Gasteiger partial charge in [0.15, 0.2) is 0 Å². The van der Waals surface area contributed by atoms with Crippen LogP contribution in [0.4, 0.5) is 10.5 Å². The largest absolute Gasteiger partial charge is 0.395 e. The molecule has 4 nitrogen and oxygen atoms in total. The Balaban J connectivity index is 2.39. The van der Waals surface area contributed by atoms with Gasteiger partial charge in [-0.05, 0) is 24.6 Å². The number of anilines is 1. The molecule has 3 N–H and O–H groups in total. The first kappa shape index (κ1) is 13.3. The van der Waals surface area contributed by atoms with E-state index in [0.29, 0.717) is 0 Å². The van der Waals surface area contributed by atoms with Crippen LogP contribution in [0.15, 0.2) is 16.8 Å². The van der Waals surface area contributed by atoms with Crippen molar-refractivity contribution in [3.05, 3.63) is 16.8 Å². The van der Waals surface area contributed by atoms with Gasteiger partial charge in [-0.3, -0.25) is 0 Å². The summed E-state index contributed by atoms with van der Waals surface area (Å²) in [5.74, 6) is 0. The molecule has 0 spiro atoms. The van der Waals surface area contributed by atoms with Crippen LogP contribution < -0.4 is 10.6 Å². The molecule has 6 heteroatoms. The molecule has 1 aromatic rings. The van der Waals surface area contributed by atoms with Gasteiger partial charge in [-0.15, -0.1) is 0 Å². The molecule has 16 heavy (non-hydrogen) atoms. The highest BCUT2D eigenvalue weighted by Crippen LogP contribution is 2.13. The zero-order valence-corrected chi connectivity index (χ0v) is 10.9. The van der Waals surface area contributed by atoms with Crippen molar-refractivity contribution < 1.29 is 9.90 Å². The second-order valence-corrected chi connectivity index (χ2v) is 5.21. The van der Waals surface area contributed by atoms with E-state index in [4.69, 9.17) is 5.11 Å². The molecule has 0 aliphatic rings. The zero-order chi connectivity index (χ0) is 12.0. The Morgan fingerprint density at radius 3 is 2.94 bits per heavy atom. The second-order valence-electron chi connectivity index (χ2n) is 3.36. The maximum absolute atomic E-state index is 11.5. The van der Waals surface area contributed by atoms with E-state index in [-0.39, 0.29) is 23.9 Å². The molecule has 2 atom stereocenters. The first-order valence-corrected chi connectivity index (χ1v) is 7.13. The van der Waals surface area contributed by atoms with Gasteiger partial charge in [-0.1, -0.05) is 0 Å². The molecule has 0 aliphatic carbocycles. The Bertz CT molecular complexity index is 313. The van der Waals surface area contributed by atoms with E-state index in [0.717, 1.165) is 5.69 Å². The number of aliphatic hydroxyl groups is 1. The van der Waals surface area contributed by atoms with E-state index in [9.17, 15) is 4.79 Å². The minimum absolute atomic E-state index is 0.0215. The third kappa shape index (κ3) is 4.03. The Hall–Kier alpha value is -0.720. The van der Waals surface area contributed by atoms with E-state index in [1.807, 2.05) is 30.0 Å². The number of rotatable bonds is 5. The number of amides is 2. The summed E-state index contributed by atoms with van der Waals surface area (Å²) >= 11 is 3.07. The van der Waals surface area contributed by atoms with Crippen LogP contribution in [0.1, 0.15) is 6.92 Å². The molecule has 90 valence electrons. The van der Waals surface area contributed by atoms with Gasteiger partial charge in [-0.25, -0.2) is 4.79 Å². The lowest BCUT2D eigenvalue weighted by molar-refractivity contribution is 0.243.